The molecule has 2 heterocycles. The SMILES string of the molecule is COc1cc(C)ccc1-c1noc(-c2ncccc2O)n1. The molecule has 2 aromatic heterocycles. The number of nitrogens with zero attached hydrogens (tertiary/aromatic N) is 3. The Balaban J connectivity index is 2.05. The molecule has 0 fully saturated rings. The molecule has 0 atom stereocenters. The van der Waals surface area contributed by atoms with Gasteiger partial charge in [-0.1, -0.05) is 11.2 Å². The fourth-order valence-electron chi connectivity index (χ4n) is 1.97. The van der Waals surface area contributed by atoms with Gasteiger partial charge in [0.05, 0.1) is 12.7 Å². The maximum Gasteiger partial charge on any atom is 0.280 e. The average Bonchev–Trinajstić information content (AvgIpc) is 2.97. The lowest BCUT2D eigenvalue weighted by Gasteiger charge is -2.05. The Morgan fingerprint density at radius 2 is 2.10 bits per heavy atom. The highest BCUT2D eigenvalue weighted by Crippen LogP contribution is 2.31. The molecule has 3 rings (SSSR count). The largest absolute Gasteiger partial charge is 0.505 e. The minimum Gasteiger partial charge on any atom is -0.505 e. The molecule has 0 unspecified atom stereocenters. The van der Waals surface area contributed by atoms with Crippen molar-refractivity contribution in [2.45, 2.75) is 6.92 Å². The Bertz CT molecular complexity index is 783. The molecule has 0 aliphatic heterocycles. The number of aromatic nitrogens is 3. The Kier molecular flexibility index (Phi) is 3.27. The van der Waals surface area contributed by atoms with Gasteiger partial charge in [0.25, 0.3) is 5.89 Å². The van der Waals surface area contributed by atoms with E-state index in [0.717, 1.165) is 5.56 Å². The molecule has 0 saturated carbocycles. The molecule has 0 aliphatic rings. The van der Waals surface area contributed by atoms with Gasteiger partial charge in [-0.05, 0) is 36.8 Å². The maximum atomic E-state index is 9.77. The van der Waals surface area contributed by atoms with Crippen molar-refractivity contribution in [2.24, 2.45) is 0 Å². The first kappa shape index (κ1) is 13.1. The molecule has 3 aromatic rings. The number of rotatable bonds is 3. The van der Waals surface area contributed by atoms with Gasteiger partial charge < -0.3 is 14.4 Å². The number of pyridine rings is 1. The molecule has 0 spiro atoms. The van der Waals surface area contributed by atoms with E-state index in [1.807, 2.05) is 25.1 Å². The van der Waals surface area contributed by atoms with Crippen LogP contribution < -0.4 is 4.74 Å². The molecule has 0 aliphatic carbocycles. The zero-order valence-electron chi connectivity index (χ0n) is 11.6. The second-order valence-electron chi connectivity index (χ2n) is 4.50. The van der Waals surface area contributed by atoms with Crippen LogP contribution in [0.4, 0.5) is 0 Å². The van der Waals surface area contributed by atoms with E-state index in [-0.39, 0.29) is 17.3 Å². The van der Waals surface area contributed by atoms with Crippen LogP contribution in [0.2, 0.25) is 0 Å². The van der Waals surface area contributed by atoms with Crippen LogP contribution in [-0.4, -0.2) is 27.3 Å². The third-order valence-corrected chi connectivity index (χ3v) is 3.01. The van der Waals surface area contributed by atoms with E-state index >= 15 is 0 Å². The minimum absolute atomic E-state index is 0.0106. The maximum absolute atomic E-state index is 9.77. The third-order valence-electron chi connectivity index (χ3n) is 3.01. The molecular weight excluding hydrogens is 270 g/mol. The van der Waals surface area contributed by atoms with E-state index in [4.69, 9.17) is 9.26 Å². The van der Waals surface area contributed by atoms with Crippen LogP contribution in [0.3, 0.4) is 0 Å². The van der Waals surface area contributed by atoms with Crippen molar-refractivity contribution in [1.29, 1.82) is 0 Å². The fraction of sp³-hybridized carbons (Fsp3) is 0.133. The lowest BCUT2D eigenvalue weighted by Crippen LogP contribution is -1.90. The molecule has 21 heavy (non-hydrogen) atoms. The van der Waals surface area contributed by atoms with Crippen molar-refractivity contribution in [1.82, 2.24) is 15.1 Å². The highest BCUT2D eigenvalue weighted by Gasteiger charge is 2.17. The van der Waals surface area contributed by atoms with Gasteiger partial charge >= 0.3 is 0 Å². The second kappa shape index (κ2) is 5.24. The van der Waals surface area contributed by atoms with Gasteiger partial charge in [-0.3, -0.25) is 0 Å². The number of aryl methyl sites for hydroxylation is 1. The van der Waals surface area contributed by atoms with Gasteiger partial charge in [0.1, 0.15) is 11.5 Å². The van der Waals surface area contributed by atoms with E-state index in [2.05, 4.69) is 15.1 Å². The van der Waals surface area contributed by atoms with Crippen molar-refractivity contribution in [3.63, 3.8) is 0 Å². The summed E-state index contributed by atoms with van der Waals surface area (Å²) < 4.78 is 10.5. The van der Waals surface area contributed by atoms with Gasteiger partial charge in [-0.25, -0.2) is 4.98 Å². The van der Waals surface area contributed by atoms with Crippen molar-refractivity contribution in [2.75, 3.05) is 7.11 Å². The topological polar surface area (TPSA) is 81.3 Å². The number of hydrogen-bond donors (Lipinski definition) is 1. The van der Waals surface area contributed by atoms with Gasteiger partial charge in [0, 0.05) is 6.20 Å². The van der Waals surface area contributed by atoms with Crippen LogP contribution in [0.5, 0.6) is 11.5 Å². The van der Waals surface area contributed by atoms with Crippen LogP contribution in [0.25, 0.3) is 23.0 Å². The number of benzene rings is 1. The standard InChI is InChI=1S/C15H13N3O3/c1-9-5-6-10(12(8-9)20-2)14-17-15(21-18-14)13-11(19)4-3-7-16-13/h3-8,19H,1-2H3. The Morgan fingerprint density at radius 3 is 2.86 bits per heavy atom. The van der Waals surface area contributed by atoms with Gasteiger partial charge in [-0.15, -0.1) is 0 Å². The number of aromatic hydroxyl groups is 1. The number of hydrogen-bond acceptors (Lipinski definition) is 6. The lowest BCUT2D eigenvalue weighted by molar-refractivity contribution is 0.412. The van der Waals surface area contributed by atoms with E-state index in [1.54, 1.807) is 19.4 Å². The van der Waals surface area contributed by atoms with E-state index in [0.29, 0.717) is 17.1 Å². The molecule has 6 nitrogen and oxygen atoms in total. The van der Waals surface area contributed by atoms with Crippen LogP contribution in [0.1, 0.15) is 5.56 Å². The summed E-state index contributed by atoms with van der Waals surface area (Å²) >= 11 is 0. The third kappa shape index (κ3) is 2.43. The molecule has 1 N–H and O–H groups in total. The molecule has 6 heteroatoms. The predicted molar refractivity (Wildman–Crippen MR) is 75.9 cm³/mol. The number of ether oxygens (including phenoxy) is 1. The molecule has 106 valence electrons. The van der Waals surface area contributed by atoms with E-state index < -0.39 is 0 Å². The smallest absolute Gasteiger partial charge is 0.280 e. The van der Waals surface area contributed by atoms with Gasteiger partial charge in [0.15, 0.2) is 5.69 Å². The summed E-state index contributed by atoms with van der Waals surface area (Å²) in [5.74, 6) is 1.19. The summed E-state index contributed by atoms with van der Waals surface area (Å²) in [6, 6.07) is 8.83. The normalized spacial score (nSPS) is 10.6. The summed E-state index contributed by atoms with van der Waals surface area (Å²) in [5, 5.41) is 13.7. The predicted octanol–water partition coefficient (Wildman–Crippen LogP) is 2.82. The average molecular weight is 283 g/mol. The molecule has 0 saturated heterocycles. The molecule has 0 amide bonds. The number of methoxy groups -OCH3 is 1. The summed E-state index contributed by atoms with van der Waals surface area (Å²) in [7, 11) is 1.59. The minimum atomic E-state index is -0.0106. The first-order valence-corrected chi connectivity index (χ1v) is 6.32. The molecule has 0 bridgehead atoms. The quantitative estimate of drug-likeness (QED) is 0.796. The Hall–Kier alpha value is -2.89. The van der Waals surface area contributed by atoms with Crippen LogP contribution >= 0.6 is 0 Å². The first-order valence-electron chi connectivity index (χ1n) is 6.32. The molecular formula is C15H13N3O3. The fourth-order valence-corrected chi connectivity index (χ4v) is 1.97. The van der Waals surface area contributed by atoms with Crippen LogP contribution in [-0.2, 0) is 0 Å². The van der Waals surface area contributed by atoms with Gasteiger partial charge in [0.2, 0.25) is 5.82 Å². The van der Waals surface area contributed by atoms with E-state index in [1.165, 1.54) is 6.07 Å². The first-order chi connectivity index (χ1) is 10.2. The molecule has 1 aromatic carbocycles. The summed E-state index contributed by atoms with van der Waals surface area (Å²) in [5.41, 5.74) is 2.04. The highest BCUT2D eigenvalue weighted by atomic mass is 16.5. The Labute approximate surface area is 121 Å². The second-order valence-corrected chi connectivity index (χ2v) is 4.50. The van der Waals surface area contributed by atoms with Crippen molar-refractivity contribution in [3.8, 4) is 34.5 Å². The van der Waals surface area contributed by atoms with E-state index in [9.17, 15) is 5.11 Å². The zero-order chi connectivity index (χ0) is 14.8. The Morgan fingerprint density at radius 1 is 1.24 bits per heavy atom. The van der Waals surface area contributed by atoms with Crippen molar-refractivity contribution < 1.29 is 14.4 Å². The lowest BCUT2D eigenvalue weighted by atomic mass is 10.1. The molecule has 0 radical (unpaired) electrons. The van der Waals surface area contributed by atoms with Crippen molar-refractivity contribution >= 4 is 0 Å². The highest BCUT2D eigenvalue weighted by molar-refractivity contribution is 5.66. The van der Waals surface area contributed by atoms with Crippen molar-refractivity contribution in [3.05, 3.63) is 42.1 Å². The summed E-state index contributed by atoms with van der Waals surface area (Å²) in [6.07, 6.45) is 1.55. The van der Waals surface area contributed by atoms with Gasteiger partial charge in [-0.2, -0.15) is 4.98 Å². The summed E-state index contributed by atoms with van der Waals surface area (Å²) in [6.45, 7) is 1.97. The summed E-state index contributed by atoms with van der Waals surface area (Å²) in [4.78, 5) is 8.30. The zero-order valence-corrected chi connectivity index (χ0v) is 11.6. The van der Waals surface area contributed by atoms with Crippen LogP contribution in [0, 0.1) is 6.92 Å². The van der Waals surface area contributed by atoms with Crippen LogP contribution in [0.15, 0.2) is 41.1 Å². The monoisotopic (exact) mass is 283 g/mol.